The van der Waals surface area contributed by atoms with Crippen LogP contribution < -0.4 is 0 Å². The molecule has 0 amide bonds. The Hall–Kier alpha value is -0.0800. The highest BCUT2D eigenvalue weighted by Gasteiger charge is 2.25. The maximum Gasteiger partial charge on any atom is 0.0541 e. The molecule has 0 spiro atoms. The van der Waals surface area contributed by atoms with Crippen LogP contribution in [0.4, 0.5) is 0 Å². The van der Waals surface area contributed by atoms with Crippen LogP contribution in [0.25, 0.3) is 0 Å². The fraction of sp³-hybridized carbons (Fsp3) is 1.00. The Kier molecular flexibility index (Phi) is 4.04. The van der Waals surface area contributed by atoms with Gasteiger partial charge in [0.25, 0.3) is 0 Å². The zero-order valence-corrected chi connectivity index (χ0v) is 9.99. The molecule has 1 unspecified atom stereocenters. The largest absolute Gasteiger partial charge is 0.393 e. The summed E-state index contributed by atoms with van der Waals surface area (Å²) in [5.41, 5.74) is 0. The first-order valence-corrected chi connectivity index (χ1v) is 6.68. The van der Waals surface area contributed by atoms with E-state index in [2.05, 4.69) is 11.8 Å². The van der Waals surface area contributed by atoms with Crippen LogP contribution in [0.2, 0.25) is 0 Å². The highest BCUT2D eigenvalue weighted by atomic mass is 16.3. The minimum absolute atomic E-state index is 0.00727. The van der Waals surface area contributed by atoms with Crippen molar-refractivity contribution < 1.29 is 5.11 Å². The van der Waals surface area contributed by atoms with Gasteiger partial charge in [0.05, 0.1) is 6.10 Å². The first-order valence-electron chi connectivity index (χ1n) is 6.68. The Balaban J connectivity index is 1.82. The number of hydrogen-bond acceptors (Lipinski definition) is 2. The van der Waals surface area contributed by atoms with Crippen LogP contribution in [-0.2, 0) is 0 Å². The first kappa shape index (κ1) is 11.4. The molecule has 2 heteroatoms. The fourth-order valence-electron chi connectivity index (χ4n) is 3.07. The van der Waals surface area contributed by atoms with Gasteiger partial charge in [0.1, 0.15) is 0 Å². The monoisotopic (exact) mass is 211 g/mol. The summed E-state index contributed by atoms with van der Waals surface area (Å²) in [4.78, 5) is 2.69. The average Bonchev–Trinajstić information content (AvgIpc) is 2.44. The van der Waals surface area contributed by atoms with E-state index in [1.54, 1.807) is 0 Å². The Labute approximate surface area is 93.7 Å². The third-order valence-corrected chi connectivity index (χ3v) is 4.23. The van der Waals surface area contributed by atoms with E-state index < -0.39 is 0 Å². The number of rotatable bonds is 1. The normalized spacial score (nSPS) is 40.0. The second-order valence-electron chi connectivity index (χ2n) is 5.53. The van der Waals surface area contributed by atoms with Crippen molar-refractivity contribution in [2.75, 3.05) is 13.1 Å². The van der Waals surface area contributed by atoms with E-state index in [-0.39, 0.29) is 6.10 Å². The maximum absolute atomic E-state index is 9.50. The van der Waals surface area contributed by atoms with Crippen molar-refractivity contribution in [3.63, 3.8) is 0 Å². The molecule has 1 aliphatic heterocycles. The van der Waals surface area contributed by atoms with Gasteiger partial charge in [-0.2, -0.15) is 0 Å². The number of hydrogen-bond donors (Lipinski definition) is 1. The number of aliphatic hydroxyl groups is 1. The molecule has 1 saturated carbocycles. The molecule has 0 aromatic heterocycles. The third-order valence-electron chi connectivity index (χ3n) is 4.23. The van der Waals surface area contributed by atoms with E-state index in [0.717, 1.165) is 24.8 Å². The van der Waals surface area contributed by atoms with E-state index in [1.807, 2.05) is 0 Å². The lowest BCUT2D eigenvalue weighted by Crippen LogP contribution is -2.39. The van der Waals surface area contributed by atoms with Gasteiger partial charge in [-0.25, -0.2) is 0 Å². The molecule has 0 bridgehead atoms. The Morgan fingerprint density at radius 3 is 2.40 bits per heavy atom. The molecular weight excluding hydrogens is 186 g/mol. The molecule has 0 aromatic carbocycles. The van der Waals surface area contributed by atoms with Gasteiger partial charge in [-0.15, -0.1) is 0 Å². The lowest BCUT2D eigenvalue weighted by Gasteiger charge is -2.35. The van der Waals surface area contributed by atoms with E-state index in [4.69, 9.17) is 0 Å². The van der Waals surface area contributed by atoms with E-state index in [0.29, 0.717) is 0 Å². The van der Waals surface area contributed by atoms with Gasteiger partial charge in [-0.3, -0.25) is 0 Å². The summed E-state index contributed by atoms with van der Waals surface area (Å²) in [5, 5.41) is 9.50. The number of nitrogens with zero attached hydrogens (tertiary/aromatic N) is 1. The summed E-state index contributed by atoms with van der Waals surface area (Å²) in [5.74, 6) is 0.921. The van der Waals surface area contributed by atoms with Crippen molar-refractivity contribution in [2.24, 2.45) is 5.92 Å². The van der Waals surface area contributed by atoms with Gasteiger partial charge < -0.3 is 10.0 Å². The van der Waals surface area contributed by atoms with Gasteiger partial charge >= 0.3 is 0 Å². The molecule has 1 N–H and O–H groups in total. The van der Waals surface area contributed by atoms with Gasteiger partial charge in [0.15, 0.2) is 0 Å². The number of likely N-dealkylation sites (tertiary alicyclic amines) is 1. The summed E-state index contributed by atoms with van der Waals surface area (Å²) in [6, 6.07) is 0.777. The molecule has 0 radical (unpaired) electrons. The zero-order chi connectivity index (χ0) is 10.7. The van der Waals surface area contributed by atoms with Crippen molar-refractivity contribution in [1.82, 2.24) is 4.90 Å². The zero-order valence-electron chi connectivity index (χ0n) is 9.99. The van der Waals surface area contributed by atoms with E-state index in [9.17, 15) is 5.11 Å². The lowest BCUT2D eigenvalue weighted by atomic mass is 9.92. The van der Waals surface area contributed by atoms with Crippen LogP contribution in [0.1, 0.15) is 51.9 Å². The molecule has 1 aliphatic carbocycles. The van der Waals surface area contributed by atoms with Crippen LogP contribution in [0.5, 0.6) is 0 Å². The Bertz CT molecular complexity index is 187. The van der Waals surface area contributed by atoms with Crippen LogP contribution >= 0.6 is 0 Å². The summed E-state index contributed by atoms with van der Waals surface area (Å²) in [6.07, 6.45) is 8.64. The third kappa shape index (κ3) is 3.18. The average molecular weight is 211 g/mol. The molecule has 15 heavy (non-hydrogen) atoms. The quantitative estimate of drug-likeness (QED) is 0.720. The molecule has 2 fully saturated rings. The van der Waals surface area contributed by atoms with Gasteiger partial charge in [-0.1, -0.05) is 6.92 Å². The lowest BCUT2D eigenvalue weighted by molar-refractivity contribution is 0.0748. The smallest absolute Gasteiger partial charge is 0.0541 e. The van der Waals surface area contributed by atoms with Crippen LogP contribution in [0, 0.1) is 5.92 Å². The predicted molar refractivity (Wildman–Crippen MR) is 62.9 cm³/mol. The minimum atomic E-state index is -0.00727. The van der Waals surface area contributed by atoms with Crippen molar-refractivity contribution in [2.45, 2.75) is 64.0 Å². The van der Waals surface area contributed by atoms with Crippen LogP contribution in [0.15, 0.2) is 0 Å². The summed E-state index contributed by atoms with van der Waals surface area (Å²) in [7, 11) is 0. The van der Waals surface area contributed by atoms with Gasteiger partial charge in [0.2, 0.25) is 0 Å². The van der Waals surface area contributed by atoms with Crippen LogP contribution in [-0.4, -0.2) is 35.2 Å². The molecule has 2 rings (SSSR count). The number of aliphatic hydroxyl groups excluding tert-OH is 1. The molecule has 1 heterocycles. The fourth-order valence-corrected chi connectivity index (χ4v) is 3.07. The van der Waals surface area contributed by atoms with E-state index >= 15 is 0 Å². The Morgan fingerprint density at radius 1 is 0.933 bits per heavy atom. The van der Waals surface area contributed by atoms with E-state index in [1.165, 1.54) is 45.2 Å². The summed E-state index contributed by atoms with van der Waals surface area (Å²) < 4.78 is 0. The SMILES string of the molecule is CC1CCCN(C2CCC(O)CC2)CC1. The van der Waals surface area contributed by atoms with Crippen molar-refractivity contribution in [1.29, 1.82) is 0 Å². The topological polar surface area (TPSA) is 23.5 Å². The molecule has 1 atom stereocenters. The highest BCUT2D eigenvalue weighted by molar-refractivity contribution is 4.81. The van der Waals surface area contributed by atoms with Crippen molar-refractivity contribution in [3.05, 3.63) is 0 Å². The summed E-state index contributed by atoms with van der Waals surface area (Å²) >= 11 is 0. The Morgan fingerprint density at radius 2 is 1.67 bits per heavy atom. The minimum Gasteiger partial charge on any atom is -0.393 e. The molecule has 1 saturated heterocycles. The molecular formula is C13H25NO. The second-order valence-corrected chi connectivity index (χ2v) is 5.53. The van der Waals surface area contributed by atoms with Crippen molar-refractivity contribution in [3.8, 4) is 0 Å². The molecule has 2 aliphatic rings. The van der Waals surface area contributed by atoms with Crippen molar-refractivity contribution >= 4 is 0 Å². The van der Waals surface area contributed by atoms with Crippen LogP contribution in [0.3, 0.4) is 0 Å². The van der Waals surface area contributed by atoms with Gasteiger partial charge in [-0.05, 0) is 64.0 Å². The highest BCUT2D eigenvalue weighted by Crippen LogP contribution is 2.26. The predicted octanol–water partition coefficient (Wildman–Crippen LogP) is 2.41. The second kappa shape index (κ2) is 5.31. The standard InChI is InChI=1S/C13H25NO/c1-11-3-2-9-14(10-8-11)12-4-6-13(15)7-5-12/h11-13,15H,2-10H2,1H3. The van der Waals surface area contributed by atoms with Gasteiger partial charge in [0, 0.05) is 6.04 Å². The maximum atomic E-state index is 9.50. The molecule has 88 valence electrons. The summed E-state index contributed by atoms with van der Waals surface area (Å²) in [6.45, 7) is 4.97. The molecule has 0 aromatic rings. The molecule has 2 nitrogen and oxygen atoms in total. The first-order chi connectivity index (χ1) is 7.25.